The summed E-state index contributed by atoms with van der Waals surface area (Å²) in [5, 5.41) is 4.42. The molecule has 1 unspecified atom stereocenters. The van der Waals surface area contributed by atoms with Crippen LogP contribution < -0.4 is 15.5 Å². The van der Waals surface area contributed by atoms with E-state index in [0.717, 1.165) is 5.69 Å². The van der Waals surface area contributed by atoms with Crippen LogP contribution in [0.5, 0.6) is 0 Å². The van der Waals surface area contributed by atoms with E-state index in [1.54, 1.807) is 54.6 Å². The second-order valence-corrected chi connectivity index (χ2v) is 5.71. The highest BCUT2D eigenvalue weighted by atomic mass is 16.5. The highest BCUT2D eigenvalue weighted by Crippen LogP contribution is 2.20. The summed E-state index contributed by atoms with van der Waals surface area (Å²) in [6, 6.07) is 14.6. The third kappa shape index (κ3) is 4.83. The molecule has 136 valence electrons. The van der Waals surface area contributed by atoms with E-state index in [1.165, 1.54) is 7.05 Å². The number of hydrogen-bond donors (Lipinski definition) is 2. The molecular formula is C19H21N3O4. The van der Waals surface area contributed by atoms with Crippen molar-refractivity contribution in [2.45, 2.75) is 6.10 Å². The SMILES string of the molecule is CNC(=O)NC(=O)C(OC(=O)c1ccc(N(C)C)cc1)c1ccccc1. The number of hydrogen-bond acceptors (Lipinski definition) is 5. The van der Waals surface area contributed by atoms with Crippen LogP contribution in [-0.4, -0.2) is 39.1 Å². The predicted octanol–water partition coefficient (Wildman–Crippen LogP) is 2.11. The molecular weight excluding hydrogens is 334 g/mol. The number of carbonyl (C=O) groups excluding carboxylic acids is 3. The molecule has 2 rings (SSSR count). The Labute approximate surface area is 152 Å². The number of nitrogens with zero attached hydrogens (tertiary/aromatic N) is 1. The van der Waals surface area contributed by atoms with Crippen LogP contribution in [0, 0.1) is 0 Å². The zero-order chi connectivity index (χ0) is 19.1. The van der Waals surface area contributed by atoms with Gasteiger partial charge in [-0.3, -0.25) is 10.1 Å². The lowest BCUT2D eigenvalue weighted by Crippen LogP contribution is -2.41. The molecule has 2 N–H and O–H groups in total. The number of rotatable bonds is 5. The number of amides is 3. The fourth-order valence-electron chi connectivity index (χ4n) is 2.21. The molecule has 7 heteroatoms. The Balaban J connectivity index is 2.21. The number of anilines is 1. The summed E-state index contributed by atoms with van der Waals surface area (Å²) in [4.78, 5) is 38.1. The van der Waals surface area contributed by atoms with Crippen molar-refractivity contribution >= 4 is 23.6 Å². The molecule has 26 heavy (non-hydrogen) atoms. The van der Waals surface area contributed by atoms with Crippen LogP contribution in [0.1, 0.15) is 22.0 Å². The lowest BCUT2D eigenvalue weighted by molar-refractivity contribution is -0.129. The second-order valence-electron chi connectivity index (χ2n) is 5.71. The molecule has 0 aliphatic rings. The van der Waals surface area contributed by atoms with E-state index >= 15 is 0 Å². The molecule has 0 radical (unpaired) electrons. The van der Waals surface area contributed by atoms with Gasteiger partial charge in [-0.05, 0) is 24.3 Å². The van der Waals surface area contributed by atoms with E-state index in [4.69, 9.17) is 4.74 Å². The molecule has 0 aliphatic carbocycles. The quantitative estimate of drug-likeness (QED) is 0.802. The van der Waals surface area contributed by atoms with Crippen molar-refractivity contribution in [2.24, 2.45) is 0 Å². The summed E-state index contributed by atoms with van der Waals surface area (Å²) >= 11 is 0. The van der Waals surface area contributed by atoms with Crippen molar-refractivity contribution in [3.05, 3.63) is 65.7 Å². The molecule has 2 aromatic rings. The number of nitrogens with one attached hydrogen (secondary N) is 2. The van der Waals surface area contributed by atoms with E-state index in [9.17, 15) is 14.4 Å². The predicted molar refractivity (Wildman–Crippen MR) is 98.0 cm³/mol. The van der Waals surface area contributed by atoms with Crippen molar-refractivity contribution < 1.29 is 19.1 Å². The zero-order valence-electron chi connectivity index (χ0n) is 14.9. The Bertz CT molecular complexity index is 773. The highest BCUT2D eigenvalue weighted by molar-refractivity contribution is 5.99. The van der Waals surface area contributed by atoms with Crippen LogP contribution in [0.15, 0.2) is 54.6 Å². The van der Waals surface area contributed by atoms with E-state index in [-0.39, 0.29) is 0 Å². The lowest BCUT2D eigenvalue weighted by Gasteiger charge is -2.18. The minimum Gasteiger partial charge on any atom is -0.444 e. The number of esters is 1. The van der Waals surface area contributed by atoms with Crippen LogP contribution in [0.3, 0.4) is 0 Å². The van der Waals surface area contributed by atoms with E-state index in [2.05, 4.69) is 10.6 Å². The van der Waals surface area contributed by atoms with Gasteiger partial charge in [-0.15, -0.1) is 0 Å². The number of urea groups is 1. The largest absolute Gasteiger partial charge is 0.444 e. The molecule has 0 heterocycles. The molecule has 3 amide bonds. The van der Waals surface area contributed by atoms with E-state index in [0.29, 0.717) is 11.1 Å². The molecule has 0 aromatic heterocycles. The fourth-order valence-corrected chi connectivity index (χ4v) is 2.21. The van der Waals surface area contributed by atoms with Crippen molar-refractivity contribution in [2.75, 3.05) is 26.0 Å². The zero-order valence-corrected chi connectivity index (χ0v) is 14.9. The van der Waals surface area contributed by atoms with Crippen molar-refractivity contribution in [3.8, 4) is 0 Å². The maximum Gasteiger partial charge on any atom is 0.339 e. The maximum atomic E-state index is 12.5. The van der Waals surface area contributed by atoms with Gasteiger partial charge < -0.3 is 15.0 Å². The summed E-state index contributed by atoms with van der Waals surface area (Å²) < 4.78 is 5.39. The van der Waals surface area contributed by atoms with Gasteiger partial charge >= 0.3 is 12.0 Å². The van der Waals surface area contributed by atoms with Crippen LogP contribution >= 0.6 is 0 Å². The number of imide groups is 1. The number of carbonyl (C=O) groups is 3. The van der Waals surface area contributed by atoms with Crippen molar-refractivity contribution in [1.82, 2.24) is 10.6 Å². The van der Waals surface area contributed by atoms with Crippen molar-refractivity contribution in [3.63, 3.8) is 0 Å². The number of ether oxygens (including phenoxy) is 1. The third-order valence-electron chi connectivity index (χ3n) is 3.65. The fraction of sp³-hybridized carbons (Fsp3) is 0.211. The van der Waals surface area contributed by atoms with Crippen LogP contribution in [0.25, 0.3) is 0 Å². The normalized spacial score (nSPS) is 11.2. The smallest absolute Gasteiger partial charge is 0.339 e. The van der Waals surface area contributed by atoms with E-state index < -0.39 is 24.0 Å². The Morgan fingerprint density at radius 3 is 2.12 bits per heavy atom. The van der Waals surface area contributed by atoms with Crippen LogP contribution in [0.2, 0.25) is 0 Å². The van der Waals surface area contributed by atoms with Gasteiger partial charge in [-0.1, -0.05) is 30.3 Å². The van der Waals surface area contributed by atoms with Crippen LogP contribution in [0.4, 0.5) is 10.5 Å². The first-order chi connectivity index (χ1) is 12.4. The minimum absolute atomic E-state index is 0.310. The van der Waals surface area contributed by atoms with E-state index in [1.807, 2.05) is 19.0 Å². The highest BCUT2D eigenvalue weighted by Gasteiger charge is 2.26. The molecule has 7 nitrogen and oxygen atoms in total. The van der Waals surface area contributed by atoms with Crippen LogP contribution in [-0.2, 0) is 9.53 Å². The minimum atomic E-state index is -1.24. The molecule has 0 spiro atoms. The standard InChI is InChI=1S/C19H21N3O4/c1-20-19(25)21-17(23)16(13-7-5-4-6-8-13)26-18(24)14-9-11-15(12-10-14)22(2)3/h4-12,16H,1-3H3,(H2,20,21,23,25). The molecule has 0 saturated carbocycles. The Kier molecular flexibility index (Phi) is 6.32. The molecule has 2 aromatic carbocycles. The molecule has 0 aliphatic heterocycles. The molecule has 1 atom stereocenters. The monoisotopic (exact) mass is 355 g/mol. The summed E-state index contributed by atoms with van der Waals surface area (Å²) in [6.07, 6.45) is -1.24. The maximum absolute atomic E-state index is 12.5. The summed E-state index contributed by atoms with van der Waals surface area (Å²) in [5.74, 6) is -1.38. The first-order valence-corrected chi connectivity index (χ1v) is 7.98. The van der Waals surface area contributed by atoms with Gasteiger partial charge in [0.2, 0.25) is 6.10 Å². The number of benzene rings is 2. The molecule has 0 fully saturated rings. The van der Waals surface area contributed by atoms with Gasteiger partial charge in [-0.2, -0.15) is 0 Å². The topological polar surface area (TPSA) is 87.7 Å². The second kappa shape index (κ2) is 8.66. The average molecular weight is 355 g/mol. The van der Waals surface area contributed by atoms with Gasteiger partial charge in [0.1, 0.15) is 0 Å². The summed E-state index contributed by atoms with van der Waals surface area (Å²) in [7, 11) is 5.17. The van der Waals surface area contributed by atoms with Gasteiger partial charge in [-0.25, -0.2) is 9.59 Å². The summed E-state index contributed by atoms with van der Waals surface area (Å²) in [6.45, 7) is 0. The first-order valence-electron chi connectivity index (χ1n) is 7.98. The molecule has 0 bridgehead atoms. The lowest BCUT2D eigenvalue weighted by atomic mass is 10.1. The third-order valence-corrected chi connectivity index (χ3v) is 3.65. The van der Waals surface area contributed by atoms with Gasteiger partial charge in [0, 0.05) is 32.4 Å². The Morgan fingerprint density at radius 2 is 1.58 bits per heavy atom. The van der Waals surface area contributed by atoms with Crippen molar-refractivity contribution in [1.29, 1.82) is 0 Å². The average Bonchev–Trinajstić information content (AvgIpc) is 2.66. The van der Waals surface area contributed by atoms with Gasteiger partial charge in [0.15, 0.2) is 0 Å². The Hall–Kier alpha value is -3.35. The van der Waals surface area contributed by atoms with Gasteiger partial charge in [0.05, 0.1) is 5.56 Å². The Morgan fingerprint density at radius 1 is 0.962 bits per heavy atom. The first kappa shape index (κ1) is 19.0. The van der Waals surface area contributed by atoms with Gasteiger partial charge in [0.25, 0.3) is 5.91 Å². The molecule has 0 saturated heterocycles. The summed E-state index contributed by atoms with van der Waals surface area (Å²) in [5.41, 5.74) is 1.70.